The van der Waals surface area contributed by atoms with Gasteiger partial charge >= 0.3 is 6.18 Å². The Balaban J connectivity index is 2.12. The number of alkyl halides is 3. The Labute approximate surface area is 122 Å². The van der Waals surface area contributed by atoms with Crippen LogP contribution in [0.1, 0.15) is 35.7 Å². The highest BCUT2D eigenvalue weighted by molar-refractivity contribution is 5.94. The highest BCUT2D eigenvalue weighted by Gasteiger charge is 2.31. The normalized spacial score (nSPS) is 19.6. The van der Waals surface area contributed by atoms with Gasteiger partial charge in [0.2, 0.25) is 0 Å². The van der Waals surface area contributed by atoms with Crippen LogP contribution in [0.15, 0.2) is 24.3 Å². The van der Waals surface area contributed by atoms with Crippen LogP contribution in [0, 0.1) is 0 Å². The van der Waals surface area contributed by atoms with Crippen LogP contribution in [-0.4, -0.2) is 36.5 Å². The molecule has 1 aliphatic rings. The maximum Gasteiger partial charge on any atom is 0.416 e. The van der Waals surface area contributed by atoms with Gasteiger partial charge in [-0.25, -0.2) is 0 Å². The molecule has 0 spiro atoms. The van der Waals surface area contributed by atoms with Crippen molar-refractivity contribution in [3.05, 3.63) is 35.4 Å². The number of nitrogens with zero attached hydrogens (tertiary/aromatic N) is 1. The molecule has 1 fully saturated rings. The van der Waals surface area contributed by atoms with E-state index in [0.29, 0.717) is 13.1 Å². The molecule has 1 N–H and O–H groups in total. The first-order valence-electron chi connectivity index (χ1n) is 7.11. The van der Waals surface area contributed by atoms with Crippen LogP contribution in [0.25, 0.3) is 0 Å². The summed E-state index contributed by atoms with van der Waals surface area (Å²) in [6.45, 7) is 3.95. The van der Waals surface area contributed by atoms with Gasteiger partial charge < -0.3 is 10.2 Å². The van der Waals surface area contributed by atoms with E-state index in [9.17, 15) is 18.0 Å². The molecule has 0 aromatic heterocycles. The van der Waals surface area contributed by atoms with E-state index in [2.05, 4.69) is 5.32 Å². The minimum absolute atomic E-state index is 0.0990. The lowest BCUT2D eigenvalue weighted by Gasteiger charge is -2.33. The Morgan fingerprint density at radius 1 is 1.43 bits per heavy atom. The number of likely N-dealkylation sites (tertiary alicyclic amines) is 1. The van der Waals surface area contributed by atoms with E-state index >= 15 is 0 Å². The van der Waals surface area contributed by atoms with E-state index in [-0.39, 0.29) is 17.5 Å². The summed E-state index contributed by atoms with van der Waals surface area (Å²) in [6.07, 6.45) is -2.58. The highest BCUT2D eigenvalue weighted by Crippen LogP contribution is 2.30. The van der Waals surface area contributed by atoms with E-state index in [1.165, 1.54) is 12.1 Å². The van der Waals surface area contributed by atoms with Crippen molar-refractivity contribution in [3.8, 4) is 0 Å². The van der Waals surface area contributed by atoms with Gasteiger partial charge in [-0.2, -0.15) is 13.2 Å². The Hall–Kier alpha value is -1.56. The van der Waals surface area contributed by atoms with Crippen LogP contribution < -0.4 is 5.32 Å². The Morgan fingerprint density at radius 3 is 2.86 bits per heavy atom. The number of amides is 1. The van der Waals surface area contributed by atoms with Crippen molar-refractivity contribution in [2.24, 2.45) is 0 Å². The van der Waals surface area contributed by atoms with Crippen LogP contribution in [-0.2, 0) is 6.18 Å². The molecular formula is C15H19F3N2O. The van der Waals surface area contributed by atoms with Gasteiger partial charge in [-0.3, -0.25) is 4.79 Å². The average molecular weight is 300 g/mol. The number of nitrogens with one attached hydrogen (secondary N) is 1. The molecule has 0 saturated carbocycles. The van der Waals surface area contributed by atoms with E-state index in [4.69, 9.17) is 0 Å². The van der Waals surface area contributed by atoms with E-state index in [0.717, 1.165) is 31.5 Å². The molecule has 1 unspecified atom stereocenters. The zero-order chi connectivity index (χ0) is 15.5. The SMILES string of the molecule is CCNC1CCCN(C(=O)c2cccc(C(F)(F)F)c2)C1. The Morgan fingerprint density at radius 2 is 2.19 bits per heavy atom. The molecule has 1 aromatic carbocycles. The maximum absolute atomic E-state index is 12.7. The fraction of sp³-hybridized carbons (Fsp3) is 0.533. The number of rotatable bonds is 3. The van der Waals surface area contributed by atoms with Gasteiger partial charge in [-0.05, 0) is 37.6 Å². The summed E-state index contributed by atoms with van der Waals surface area (Å²) >= 11 is 0. The molecule has 3 nitrogen and oxygen atoms in total. The quantitative estimate of drug-likeness (QED) is 0.931. The standard InChI is InChI=1S/C15H19F3N2O/c1-2-19-13-7-4-8-20(10-13)14(21)11-5-3-6-12(9-11)15(16,17)18/h3,5-6,9,13,19H,2,4,7-8,10H2,1H3. The second-order valence-corrected chi connectivity index (χ2v) is 5.23. The fourth-order valence-electron chi connectivity index (χ4n) is 2.63. The van der Waals surface area contributed by atoms with Crippen molar-refractivity contribution in [2.75, 3.05) is 19.6 Å². The van der Waals surface area contributed by atoms with Crippen molar-refractivity contribution in [1.29, 1.82) is 0 Å². The molecule has 6 heteroatoms. The molecule has 21 heavy (non-hydrogen) atoms. The second-order valence-electron chi connectivity index (χ2n) is 5.23. The Bertz CT molecular complexity index is 500. The van der Waals surface area contributed by atoms with Crippen molar-refractivity contribution in [1.82, 2.24) is 10.2 Å². The van der Waals surface area contributed by atoms with Gasteiger partial charge in [0.05, 0.1) is 5.56 Å². The first kappa shape index (κ1) is 15.8. The number of hydrogen-bond donors (Lipinski definition) is 1. The molecular weight excluding hydrogens is 281 g/mol. The summed E-state index contributed by atoms with van der Waals surface area (Å²) in [5, 5.41) is 3.28. The molecule has 1 heterocycles. The molecule has 116 valence electrons. The van der Waals surface area contributed by atoms with Gasteiger partial charge in [0.25, 0.3) is 5.91 Å². The third kappa shape index (κ3) is 3.97. The van der Waals surface area contributed by atoms with Crippen molar-refractivity contribution < 1.29 is 18.0 Å². The second kappa shape index (κ2) is 6.47. The van der Waals surface area contributed by atoms with Crippen LogP contribution in [0.2, 0.25) is 0 Å². The Kier molecular flexibility index (Phi) is 4.88. The zero-order valence-corrected chi connectivity index (χ0v) is 11.9. The minimum atomic E-state index is -4.43. The predicted molar refractivity (Wildman–Crippen MR) is 74.0 cm³/mol. The average Bonchev–Trinajstić information content (AvgIpc) is 2.46. The van der Waals surface area contributed by atoms with Crippen LogP contribution in [0.4, 0.5) is 13.2 Å². The molecule has 0 aliphatic carbocycles. The van der Waals surface area contributed by atoms with Gasteiger partial charge in [-0.15, -0.1) is 0 Å². The molecule has 1 aliphatic heterocycles. The molecule has 1 aromatic rings. The summed E-state index contributed by atoms with van der Waals surface area (Å²) < 4.78 is 38.1. The number of likely N-dealkylation sites (N-methyl/N-ethyl adjacent to an activating group) is 1. The van der Waals surface area contributed by atoms with Crippen LogP contribution >= 0.6 is 0 Å². The largest absolute Gasteiger partial charge is 0.416 e. The van der Waals surface area contributed by atoms with Crippen LogP contribution in [0.3, 0.4) is 0 Å². The molecule has 2 rings (SSSR count). The highest BCUT2D eigenvalue weighted by atomic mass is 19.4. The minimum Gasteiger partial charge on any atom is -0.337 e. The lowest BCUT2D eigenvalue weighted by Crippen LogP contribution is -2.47. The lowest BCUT2D eigenvalue weighted by atomic mass is 10.0. The first-order chi connectivity index (χ1) is 9.91. The van der Waals surface area contributed by atoms with Gasteiger partial charge in [0.1, 0.15) is 0 Å². The molecule has 1 atom stereocenters. The lowest BCUT2D eigenvalue weighted by molar-refractivity contribution is -0.137. The monoisotopic (exact) mass is 300 g/mol. The summed E-state index contributed by atoms with van der Waals surface area (Å²) in [5.41, 5.74) is -0.685. The van der Waals surface area contributed by atoms with Crippen LogP contribution in [0.5, 0.6) is 0 Å². The van der Waals surface area contributed by atoms with Crippen molar-refractivity contribution in [2.45, 2.75) is 32.0 Å². The first-order valence-corrected chi connectivity index (χ1v) is 7.11. The van der Waals surface area contributed by atoms with E-state index in [1.54, 1.807) is 4.90 Å². The summed E-state index contributed by atoms with van der Waals surface area (Å²) in [5.74, 6) is -0.330. The van der Waals surface area contributed by atoms with E-state index in [1.807, 2.05) is 6.92 Å². The number of benzene rings is 1. The third-order valence-electron chi connectivity index (χ3n) is 3.64. The molecule has 0 radical (unpaired) electrons. The van der Waals surface area contributed by atoms with Gasteiger partial charge in [0.15, 0.2) is 0 Å². The summed E-state index contributed by atoms with van der Waals surface area (Å²) in [7, 11) is 0. The number of carbonyl (C=O) groups is 1. The zero-order valence-electron chi connectivity index (χ0n) is 11.9. The summed E-state index contributed by atoms with van der Waals surface area (Å²) in [6, 6.07) is 4.85. The third-order valence-corrected chi connectivity index (χ3v) is 3.64. The molecule has 1 amide bonds. The molecule has 1 saturated heterocycles. The topological polar surface area (TPSA) is 32.3 Å². The van der Waals surface area contributed by atoms with Gasteiger partial charge in [0, 0.05) is 24.7 Å². The smallest absolute Gasteiger partial charge is 0.337 e. The fourth-order valence-corrected chi connectivity index (χ4v) is 2.63. The van der Waals surface area contributed by atoms with Crippen molar-refractivity contribution >= 4 is 5.91 Å². The number of piperidine rings is 1. The number of hydrogen-bond acceptors (Lipinski definition) is 2. The van der Waals surface area contributed by atoms with Crippen molar-refractivity contribution in [3.63, 3.8) is 0 Å². The van der Waals surface area contributed by atoms with Gasteiger partial charge in [-0.1, -0.05) is 13.0 Å². The van der Waals surface area contributed by atoms with E-state index < -0.39 is 11.7 Å². The predicted octanol–water partition coefficient (Wildman–Crippen LogP) is 2.92. The maximum atomic E-state index is 12.7. The number of carbonyl (C=O) groups excluding carboxylic acids is 1. The summed E-state index contributed by atoms with van der Waals surface area (Å²) in [4.78, 5) is 14.0. The molecule has 0 bridgehead atoms. The number of halogens is 3.